The van der Waals surface area contributed by atoms with Gasteiger partial charge in [-0.2, -0.15) is 0 Å². The first-order valence-electron chi connectivity index (χ1n) is 8.10. The number of hydrogen-bond donors (Lipinski definition) is 2. The first kappa shape index (κ1) is 19.5. The van der Waals surface area contributed by atoms with E-state index >= 15 is 0 Å². The maximum absolute atomic E-state index is 11.9. The summed E-state index contributed by atoms with van der Waals surface area (Å²) >= 11 is 0. The van der Waals surface area contributed by atoms with Crippen molar-refractivity contribution in [1.82, 2.24) is 15.5 Å². The summed E-state index contributed by atoms with van der Waals surface area (Å²) in [5, 5.41) is 6.17. The van der Waals surface area contributed by atoms with Crippen LogP contribution in [0.5, 0.6) is 0 Å². The van der Waals surface area contributed by atoms with Gasteiger partial charge in [0, 0.05) is 25.7 Å². The molecule has 1 spiro atoms. The Morgan fingerprint density at radius 3 is 2.41 bits per heavy atom. The number of hydrogen-bond acceptors (Lipinski definition) is 2. The average Bonchev–Trinajstić information content (AvgIpc) is 2.99. The Morgan fingerprint density at radius 2 is 1.86 bits per heavy atom. The number of guanidine groups is 1. The summed E-state index contributed by atoms with van der Waals surface area (Å²) in [6.07, 6.45) is 6.71. The molecule has 0 aromatic heterocycles. The second kappa shape index (κ2) is 7.84. The van der Waals surface area contributed by atoms with Crippen molar-refractivity contribution >= 4 is 35.8 Å². The third-order valence-electron chi connectivity index (χ3n) is 4.54. The number of nitrogens with one attached hydrogen (secondary N) is 2. The van der Waals surface area contributed by atoms with Crippen LogP contribution in [-0.2, 0) is 4.79 Å². The SMILES string of the molecule is CN=C(NCC(=O)NC(C)(C)C)N1CCC2(CCCC2)C1.I. The molecular formula is C16H31IN4O. The molecule has 0 atom stereocenters. The maximum atomic E-state index is 11.9. The third-order valence-corrected chi connectivity index (χ3v) is 4.54. The van der Waals surface area contributed by atoms with Crippen LogP contribution in [0.2, 0.25) is 0 Å². The van der Waals surface area contributed by atoms with Gasteiger partial charge in [0.05, 0.1) is 6.54 Å². The summed E-state index contributed by atoms with van der Waals surface area (Å²) < 4.78 is 0. The number of aliphatic imine (C=N–C) groups is 1. The van der Waals surface area contributed by atoms with Crippen molar-refractivity contribution in [3.63, 3.8) is 0 Å². The molecule has 0 aromatic rings. The summed E-state index contributed by atoms with van der Waals surface area (Å²) in [7, 11) is 1.80. The van der Waals surface area contributed by atoms with Gasteiger partial charge >= 0.3 is 0 Å². The van der Waals surface area contributed by atoms with E-state index in [4.69, 9.17) is 0 Å². The molecule has 0 unspecified atom stereocenters. The predicted octanol–water partition coefficient (Wildman–Crippen LogP) is 2.36. The Morgan fingerprint density at radius 1 is 1.23 bits per heavy atom. The molecule has 22 heavy (non-hydrogen) atoms. The zero-order valence-corrected chi connectivity index (χ0v) is 16.7. The molecule has 1 heterocycles. The Labute approximate surface area is 151 Å². The van der Waals surface area contributed by atoms with Gasteiger partial charge in [0.15, 0.2) is 5.96 Å². The second-order valence-electron chi connectivity index (χ2n) is 7.58. The minimum Gasteiger partial charge on any atom is -0.350 e. The quantitative estimate of drug-likeness (QED) is 0.408. The number of carbonyl (C=O) groups is 1. The zero-order valence-electron chi connectivity index (χ0n) is 14.4. The Hall–Kier alpha value is -0.530. The zero-order chi connectivity index (χ0) is 15.5. The highest BCUT2D eigenvalue weighted by Crippen LogP contribution is 2.45. The van der Waals surface area contributed by atoms with Crippen LogP contribution in [0, 0.1) is 5.41 Å². The molecule has 1 aliphatic heterocycles. The first-order chi connectivity index (χ1) is 9.84. The number of rotatable bonds is 2. The second-order valence-corrected chi connectivity index (χ2v) is 7.58. The van der Waals surface area contributed by atoms with E-state index in [9.17, 15) is 4.79 Å². The lowest BCUT2D eigenvalue weighted by Gasteiger charge is -2.26. The van der Waals surface area contributed by atoms with Crippen molar-refractivity contribution in [3.05, 3.63) is 0 Å². The average molecular weight is 422 g/mol. The van der Waals surface area contributed by atoms with Gasteiger partial charge in [0.2, 0.25) is 5.91 Å². The number of halogens is 1. The summed E-state index contributed by atoms with van der Waals surface area (Å²) in [6.45, 7) is 8.40. The molecule has 1 saturated heterocycles. The molecule has 5 nitrogen and oxygen atoms in total. The molecule has 0 radical (unpaired) electrons. The van der Waals surface area contributed by atoms with E-state index in [1.54, 1.807) is 7.05 Å². The molecule has 1 saturated carbocycles. The predicted molar refractivity (Wildman–Crippen MR) is 102 cm³/mol. The van der Waals surface area contributed by atoms with Gasteiger partial charge in [0.25, 0.3) is 0 Å². The molecule has 2 aliphatic rings. The Kier molecular flexibility index (Phi) is 6.95. The van der Waals surface area contributed by atoms with Gasteiger partial charge in [-0.15, -0.1) is 24.0 Å². The van der Waals surface area contributed by atoms with Crippen molar-refractivity contribution in [2.24, 2.45) is 10.4 Å². The van der Waals surface area contributed by atoms with E-state index in [0.29, 0.717) is 5.41 Å². The molecule has 0 bridgehead atoms. The maximum Gasteiger partial charge on any atom is 0.239 e. The third kappa shape index (κ3) is 5.28. The number of amides is 1. The number of carbonyl (C=O) groups excluding carboxylic acids is 1. The molecule has 2 rings (SSSR count). The van der Waals surface area contributed by atoms with Crippen LogP contribution in [0.25, 0.3) is 0 Å². The summed E-state index contributed by atoms with van der Waals surface area (Å²) in [6, 6.07) is 0. The fourth-order valence-electron chi connectivity index (χ4n) is 3.60. The highest BCUT2D eigenvalue weighted by atomic mass is 127. The van der Waals surface area contributed by atoms with Crippen molar-refractivity contribution in [2.45, 2.75) is 58.4 Å². The van der Waals surface area contributed by atoms with E-state index in [2.05, 4.69) is 20.5 Å². The summed E-state index contributed by atoms with van der Waals surface area (Å²) in [5.74, 6) is 0.876. The lowest BCUT2D eigenvalue weighted by atomic mass is 9.86. The minimum atomic E-state index is -0.191. The van der Waals surface area contributed by atoms with E-state index in [1.165, 1.54) is 32.1 Å². The molecule has 0 aromatic carbocycles. The standard InChI is InChI=1S/C16H30N4O.HI/c1-15(2,3)19-13(21)11-18-14(17-4)20-10-9-16(12-20)7-5-6-8-16;/h5-12H2,1-4H3,(H,17,18)(H,19,21);1H. The van der Waals surface area contributed by atoms with Crippen molar-refractivity contribution in [1.29, 1.82) is 0 Å². The molecule has 2 fully saturated rings. The lowest BCUT2D eigenvalue weighted by Crippen LogP contribution is -2.49. The van der Waals surface area contributed by atoms with Crippen LogP contribution in [-0.4, -0.2) is 49.0 Å². The molecular weight excluding hydrogens is 391 g/mol. The first-order valence-corrected chi connectivity index (χ1v) is 8.10. The van der Waals surface area contributed by atoms with Gasteiger partial charge in [-0.25, -0.2) is 0 Å². The minimum absolute atomic E-state index is 0. The molecule has 6 heteroatoms. The van der Waals surface area contributed by atoms with Crippen LogP contribution in [0.1, 0.15) is 52.9 Å². The molecule has 1 amide bonds. The fraction of sp³-hybridized carbons (Fsp3) is 0.875. The van der Waals surface area contributed by atoms with Gasteiger partial charge in [-0.1, -0.05) is 12.8 Å². The van der Waals surface area contributed by atoms with Crippen LogP contribution in [0.3, 0.4) is 0 Å². The highest BCUT2D eigenvalue weighted by Gasteiger charge is 2.41. The monoisotopic (exact) mass is 422 g/mol. The van der Waals surface area contributed by atoms with E-state index in [0.717, 1.165) is 19.0 Å². The molecule has 2 N–H and O–H groups in total. The topological polar surface area (TPSA) is 56.7 Å². The Balaban J connectivity index is 0.00000242. The van der Waals surface area contributed by atoms with Gasteiger partial charge in [-0.3, -0.25) is 9.79 Å². The Bertz CT molecular complexity index is 411. The van der Waals surface area contributed by atoms with E-state index < -0.39 is 0 Å². The fourth-order valence-corrected chi connectivity index (χ4v) is 3.60. The van der Waals surface area contributed by atoms with Crippen molar-refractivity contribution in [2.75, 3.05) is 26.7 Å². The van der Waals surface area contributed by atoms with E-state index in [1.807, 2.05) is 20.8 Å². The normalized spacial score (nSPS) is 20.9. The van der Waals surface area contributed by atoms with Gasteiger partial charge in [0.1, 0.15) is 0 Å². The van der Waals surface area contributed by atoms with E-state index in [-0.39, 0.29) is 42.0 Å². The summed E-state index contributed by atoms with van der Waals surface area (Å²) in [4.78, 5) is 18.6. The van der Waals surface area contributed by atoms with Gasteiger partial charge < -0.3 is 15.5 Å². The van der Waals surface area contributed by atoms with Crippen molar-refractivity contribution < 1.29 is 4.79 Å². The van der Waals surface area contributed by atoms with Crippen LogP contribution in [0.15, 0.2) is 4.99 Å². The number of likely N-dealkylation sites (tertiary alicyclic amines) is 1. The smallest absolute Gasteiger partial charge is 0.239 e. The van der Waals surface area contributed by atoms with Crippen molar-refractivity contribution in [3.8, 4) is 0 Å². The summed E-state index contributed by atoms with van der Waals surface area (Å²) in [5.41, 5.74) is 0.328. The number of nitrogens with zero attached hydrogens (tertiary/aromatic N) is 2. The molecule has 1 aliphatic carbocycles. The van der Waals surface area contributed by atoms with Crippen LogP contribution >= 0.6 is 24.0 Å². The van der Waals surface area contributed by atoms with Gasteiger partial charge in [-0.05, 0) is 45.4 Å². The largest absolute Gasteiger partial charge is 0.350 e. The van der Waals surface area contributed by atoms with Crippen LogP contribution < -0.4 is 10.6 Å². The van der Waals surface area contributed by atoms with Crippen LogP contribution in [0.4, 0.5) is 0 Å². The highest BCUT2D eigenvalue weighted by molar-refractivity contribution is 14.0. The molecule has 128 valence electrons. The lowest BCUT2D eigenvalue weighted by molar-refractivity contribution is -0.121.